The maximum atomic E-state index is 13.4. The minimum Gasteiger partial charge on any atom is -0.381 e. The van der Waals surface area contributed by atoms with E-state index in [-0.39, 0.29) is 11.9 Å². The molecule has 1 saturated carbocycles. The monoisotopic (exact) mass is 411 g/mol. The van der Waals surface area contributed by atoms with E-state index in [2.05, 4.69) is 9.88 Å². The molecule has 1 amide bonds. The number of hydrogen-bond donors (Lipinski definition) is 0. The molecule has 3 aliphatic rings. The van der Waals surface area contributed by atoms with Gasteiger partial charge in [-0.2, -0.15) is 13.2 Å². The molecular weight excluding hydrogens is 383 g/mol. The molecule has 3 fully saturated rings. The third kappa shape index (κ3) is 3.96. The van der Waals surface area contributed by atoms with Gasteiger partial charge >= 0.3 is 6.18 Å². The minimum absolute atomic E-state index is 0.218. The van der Waals surface area contributed by atoms with Crippen molar-refractivity contribution in [2.75, 3.05) is 31.6 Å². The van der Waals surface area contributed by atoms with Gasteiger partial charge in [0, 0.05) is 39.0 Å². The molecule has 8 heteroatoms. The van der Waals surface area contributed by atoms with Crippen LogP contribution >= 0.6 is 0 Å². The number of piperidine rings is 1. The fourth-order valence-electron chi connectivity index (χ4n) is 5.24. The van der Waals surface area contributed by atoms with Crippen LogP contribution in [0.4, 0.5) is 19.0 Å². The van der Waals surface area contributed by atoms with Gasteiger partial charge in [-0.05, 0) is 57.1 Å². The quantitative estimate of drug-likeness (QED) is 0.757. The zero-order valence-corrected chi connectivity index (χ0v) is 16.7. The van der Waals surface area contributed by atoms with Crippen molar-refractivity contribution in [1.82, 2.24) is 9.88 Å². The second kappa shape index (κ2) is 7.78. The molecule has 0 N–H and O–H groups in total. The summed E-state index contributed by atoms with van der Waals surface area (Å²) in [5, 5.41) is 0. The van der Waals surface area contributed by atoms with Gasteiger partial charge in [0.05, 0.1) is 17.1 Å². The lowest BCUT2D eigenvalue weighted by molar-refractivity contribution is -0.139. The van der Waals surface area contributed by atoms with E-state index in [1.54, 1.807) is 7.11 Å². The van der Waals surface area contributed by atoms with Crippen LogP contribution in [0.5, 0.6) is 0 Å². The number of amides is 1. The van der Waals surface area contributed by atoms with E-state index >= 15 is 0 Å². The maximum Gasteiger partial charge on any atom is 0.417 e. The molecule has 0 radical (unpaired) electrons. The Kier molecular flexibility index (Phi) is 5.48. The molecule has 4 rings (SSSR count). The van der Waals surface area contributed by atoms with Crippen molar-refractivity contribution in [3.05, 3.63) is 23.9 Å². The third-order valence-electron chi connectivity index (χ3n) is 6.94. The Bertz CT molecular complexity index is 732. The number of aromatic nitrogens is 1. The summed E-state index contributed by atoms with van der Waals surface area (Å²) in [5.41, 5.74) is -1.18. The summed E-state index contributed by atoms with van der Waals surface area (Å²) in [5.74, 6) is 0.735. The normalized spacial score (nSPS) is 31.0. The lowest BCUT2D eigenvalue weighted by atomic mass is 9.78. The summed E-state index contributed by atoms with van der Waals surface area (Å²) < 4.78 is 43.9. The molecule has 2 aliphatic heterocycles. The first kappa shape index (κ1) is 20.4. The molecule has 5 nitrogen and oxygen atoms in total. The highest BCUT2D eigenvalue weighted by atomic mass is 19.4. The van der Waals surface area contributed by atoms with Gasteiger partial charge < -0.3 is 14.5 Å². The van der Waals surface area contributed by atoms with Gasteiger partial charge in [-0.25, -0.2) is 4.98 Å². The second-order valence-corrected chi connectivity index (χ2v) is 8.62. The minimum atomic E-state index is -4.39. The van der Waals surface area contributed by atoms with E-state index in [9.17, 15) is 18.0 Å². The molecule has 2 saturated heterocycles. The number of alkyl halides is 3. The fourth-order valence-corrected chi connectivity index (χ4v) is 5.24. The molecule has 1 aromatic heterocycles. The molecule has 0 bridgehead atoms. The number of likely N-dealkylation sites (tertiary alicyclic amines) is 1. The SMILES string of the molecule is COC1CCC(N2CCC3(CCCN(c4ccc(C(F)(F)F)cn4)C3)C2=O)CC1. The summed E-state index contributed by atoms with van der Waals surface area (Å²) in [4.78, 5) is 21.5. The smallest absolute Gasteiger partial charge is 0.381 e. The van der Waals surface area contributed by atoms with Crippen molar-refractivity contribution in [3.8, 4) is 0 Å². The van der Waals surface area contributed by atoms with Crippen molar-refractivity contribution in [2.45, 2.75) is 63.3 Å². The standard InChI is InChI=1S/C21H28F3N3O2/c1-29-17-6-4-16(5-7-17)27-12-10-20(19(27)28)9-2-11-26(14-20)18-8-3-15(13-25-18)21(22,23)24/h3,8,13,16-17H,2,4-7,9-12,14H2,1H3. The van der Waals surface area contributed by atoms with Crippen molar-refractivity contribution in [1.29, 1.82) is 0 Å². The number of nitrogens with zero attached hydrogens (tertiary/aromatic N) is 3. The molecule has 0 aromatic carbocycles. The van der Waals surface area contributed by atoms with E-state index in [0.29, 0.717) is 25.0 Å². The van der Waals surface area contributed by atoms with Crippen LogP contribution in [0.3, 0.4) is 0 Å². The third-order valence-corrected chi connectivity index (χ3v) is 6.94. The largest absolute Gasteiger partial charge is 0.417 e. The van der Waals surface area contributed by atoms with Crippen LogP contribution in [0.15, 0.2) is 18.3 Å². The van der Waals surface area contributed by atoms with Gasteiger partial charge in [0.15, 0.2) is 0 Å². The summed E-state index contributed by atoms with van der Waals surface area (Å²) in [7, 11) is 1.74. The lowest BCUT2D eigenvalue weighted by Crippen LogP contribution is -2.50. The van der Waals surface area contributed by atoms with Gasteiger partial charge in [0.2, 0.25) is 5.91 Å². The zero-order valence-electron chi connectivity index (χ0n) is 16.7. The average molecular weight is 411 g/mol. The van der Waals surface area contributed by atoms with E-state index in [0.717, 1.165) is 63.8 Å². The summed E-state index contributed by atoms with van der Waals surface area (Å²) in [6.45, 7) is 2.02. The summed E-state index contributed by atoms with van der Waals surface area (Å²) in [6.07, 6.45) is 3.22. The highest BCUT2D eigenvalue weighted by molar-refractivity contribution is 5.86. The predicted octanol–water partition coefficient (Wildman–Crippen LogP) is 3.88. The lowest BCUT2D eigenvalue weighted by Gasteiger charge is -2.41. The summed E-state index contributed by atoms with van der Waals surface area (Å²) >= 11 is 0. The molecular formula is C21H28F3N3O2. The van der Waals surface area contributed by atoms with Crippen LogP contribution in [0, 0.1) is 5.41 Å². The number of carbonyl (C=O) groups excluding carboxylic acids is 1. The van der Waals surface area contributed by atoms with Gasteiger partial charge in [-0.15, -0.1) is 0 Å². The molecule has 3 heterocycles. The number of carbonyl (C=O) groups is 1. The molecule has 29 heavy (non-hydrogen) atoms. The van der Waals surface area contributed by atoms with Crippen LogP contribution in [0.1, 0.15) is 50.5 Å². The first-order valence-electron chi connectivity index (χ1n) is 10.4. The van der Waals surface area contributed by atoms with Crippen LogP contribution in [0.2, 0.25) is 0 Å². The van der Waals surface area contributed by atoms with Crippen molar-refractivity contribution in [3.63, 3.8) is 0 Å². The van der Waals surface area contributed by atoms with E-state index in [1.165, 1.54) is 6.07 Å². The Labute approximate surface area is 169 Å². The number of ether oxygens (including phenoxy) is 1. The van der Waals surface area contributed by atoms with Gasteiger partial charge in [-0.1, -0.05) is 0 Å². The number of pyridine rings is 1. The maximum absolute atomic E-state index is 13.4. The van der Waals surface area contributed by atoms with Crippen molar-refractivity contribution >= 4 is 11.7 Å². The topological polar surface area (TPSA) is 45.7 Å². The predicted molar refractivity (Wildman–Crippen MR) is 103 cm³/mol. The Balaban J connectivity index is 1.44. The highest BCUT2D eigenvalue weighted by Crippen LogP contribution is 2.43. The Morgan fingerprint density at radius 1 is 1.14 bits per heavy atom. The number of hydrogen-bond acceptors (Lipinski definition) is 4. The first-order chi connectivity index (χ1) is 13.8. The van der Waals surface area contributed by atoms with E-state index in [1.807, 2.05) is 4.90 Å². The number of halogens is 3. The van der Waals surface area contributed by atoms with E-state index in [4.69, 9.17) is 4.74 Å². The van der Waals surface area contributed by atoms with E-state index < -0.39 is 17.2 Å². The Morgan fingerprint density at radius 2 is 1.90 bits per heavy atom. The summed E-state index contributed by atoms with van der Waals surface area (Å²) in [6, 6.07) is 2.78. The molecule has 1 unspecified atom stereocenters. The first-order valence-corrected chi connectivity index (χ1v) is 10.4. The van der Waals surface area contributed by atoms with Gasteiger partial charge in [-0.3, -0.25) is 4.79 Å². The number of rotatable bonds is 3. The second-order valence-electron chi connectivity index (χ2n) is 8.62. The molecule has 160 valence electrons. The van der Waals surface area contributed by atoms with Crippen LogP contribution < -0.4 is 4.90 Å². The van der Waals surface area contributed by atoms with Crippen LogP contribution in [-0.2, 0) is 15.7 Å². The number of anilines is 1. The van der Waals surface area contributed by atoms with Gasteiger partial charge in [0.25, 0.3) is 0 Å². The highest BCUT2D eigenvalue weighted by Gasteiger charge is 2.50. The molecule has 1 aromatic rings. The zero-order chi connectivity index (χ0) is 20.6. The van der Waals surface area contributed by atoms with Crippen molar-refractivity contribution < 1.29 is 22.7 Å². The molecule has 1 atom stereocenters. The van der Waals surface area contributed by atoms with Crippen molar-refractivity contribution in [2.24, 2.45) is 5.41 Å². The van der Waals surface area contributed by atoms with Crippen LogP contribution in [0.25, 0.3) is 0 Å². The Hall–Kier alpha value is -1.83. The number of methoxy groups -OCH3 is 1. The molecule has 1 spiro atoms. The fraction of sp³-hybridized carbons (Fsp3) is 0.714. The molecule has 1 aliphatic carbocycles. The average Bonchev–Trinajstić information content (AvgIpc) is 3.03. The Morgan fingerprint density at radius 3 is 2.52 bits per heavy atom. The van der Waals surface area contributed by atoms with Gasteiger partial charge in [0.1, 0.15) is 5.82 Å². The van der Waals surface area contributed by atoms with Crippen LogP contribution in [-0.4, -0.2) is 54.7 Å².